The van der Waals surface area contributed by atoms with Gasteiger partial charge in [0.15, 0.2) is 0 Å². The molecule has 286 valence electrons. The Morgan fingerprint density at radius 3 is 1.93 bits per heavy atom. The monoisotopic (exact) mass is 757 g/mol. The van der Waals surface area contributed by atoms with Gasteiger partial charge < -0.3 is 29.6 Å². The van der Waals surface area contributed by atoms with E-state index in [1.165, 1.54) is 39.2 Å². The zero-order chi connectivity index (χ0) is 39.1. The maximum absolute atomic E-state index is 13.7. The summed E-state index contributed by atoms with van der Waals surface area (Å²) in [6.45, 7) is 4.53. The number of anilines is 3. The molecule has 4 aromatic carbocycles. The number of amides is 4. The first-order chi connectivity index (χ1) is 25.9. The lowest BCUT2D eigenvalue weighted by Gasteiger charge is -2.29. The highest BCUT2D eigenvalue weighted by atomic mass is 32.2. The molecular formula is C40H47N5O8S. The van der Waals surface area contributed by atoms with Crippen molar-refractivity contribution in [3.8, 4) is 23.0 Å². The van der Waals surface area contributed by atoms with Crippen molar-refractivity contribution in [2.75, 3.05) is 71.2 Å². The molecular weight excluding hydrogens is 711 g/mol. The average Bonchev–Trinajstić information content (AvgIpc) is 3.46. The maximum Gasteiger partial charge on any atom is 0.247 e. The van der Waals surface area contributed by atoms with E-state index in [1.807, 2.05) is 66.4 Å². The van der Waals surface area contributed by atoms with E-state index in [2.05, 4.69) is 10.6 Å². The van der Waals surface area contributed by atoms with Crippen molar-refractivity contribution in [1.29, 1.82) is 0 Å². The number of ether oxygens (including phenoxy) is 4. The summed E-state index contributed by atoms with van der Waals surface area (Å²) < 4.78 is 21.9. The Morgan fingerprint density at radius 1 is 0.741 bits per heavy atom. The number of hydrogen-bond donors (Lipinski definition) is 2. The van der Waals surface area contributed by atoms with Crippen molar-refractivity contribution < 1.29 is 38.1 Å². The van der Waals surface area contributed by atoms with Gasteiger partial charge in [0.05, 0.1) is 62.8 Å². The van der Waals surface area contributed by atoms with Crippen molar-refractivity contribution in [2.24, 2.45) is 0 Å². The molecule has 0 spiro atoms. The molecule has 0 bridgehead atoms. The smallest absolute Gasteiger partial charge is 0.247 e. The molecule has 2 N–H and O–H groups in total. The van der Waals surface area contributed by atoms with Gasteiger partial charge in [-0.1, -0.05) is 30.3 Å². The molecule has 1 fully saturated rings. The fourth-order valence-corrected chi connectivity index (χ4v) is 7.10. The lowest BCUT2D eigenvalue weighted by Crippen LogP contribution is -2.46. The first-order valence-corrected chi connectivity index (χ1v) is 18.3. The zero-order valence-electron chi connectivity index (χ0n) is 31.8. The quantitative estimate of drug-likeness (QED) is 0.140. The summed E-state index contributed by atoms with van der Waals surface area (Å²) in [6, 6.07) is 21.1. The van der Waals surface area contributed by atoms with Gasteiger partial charge in [-0.25, -0.2) is 4.90 Å². The SMILES string of the molecule is COc1ccc(OC)c(NC(=O)[C@H](C)N(C)CCN(C)[C@@H](C)C(=O)Nc2cc(OC)c(N3C(=O)CC(Sc4ccc5ccccc5c4)C3=O)cc2OC)c1. The van der Waals surface area contributed by atoms with Crippen LogP contribution >= 0.6 is 11.8 Å². The van der Waals surface area contributed by atoms with Crippen molar-refractivity contribution in [3.05, 3.63) is 72.8 Å². The van der Waals surface area contributed by atoms with Crippen LogP contribution in [0.4, 0.5) is 17.1 Å². The average molecular weight is 758 g/mol. The van der Waals surface area contributed by atoms with Gasteiger partial charge in [0, 0.05) is 42.6 Å². The molecule has 5 rings (SSSR count). The van der Waals surface area contributed by atoms with Crippen LogP contribution in [0, 0.1) is 0 Å². The molecule has 1 aliphatic rings. The van der Waals surface area contributed by atoms with Gasteiger partial charge in [-0.05, 0) is 63.0 Å². The van der Waals surface area contributed by atoms with Crippen LogP contribution in [-0.2, 0) is 19.2 Å². The van der Waals surface area contributed by atoms with Crippen LogP contribution in [0.25, 0.3) is 10.8 Å². The second kappa shape index (κ2) is 17.7. The maximum atomic E-state index is 13.7. The highest BCUT2D eigenvalue weighted by Gasteiger charge is 2.42. The summed E-state index contributed by atoms with van der Waals surface area (Å²) in [5, 5.41) is 7.35. The number of likely N-dealkylation sites (N-methyl/N-ethyl adjacent to an activating group) is 2. The van der Waals surface area contributed by atoms with Gasteiger partial charge in [0.1, 0.15) is 23.0 Å². The van der Waals surface area contributed by atoms with Crippen LogP contribution in [0.15, 0.2) is 77.7 Å². The number of carbonyl (C=O) groups excluding carboxylic acids is 4. The Balaban J connectivity index is 1.21. The Morgan fingerprint density at radius 2 is 1.33 bits per heavy atom. The standard InChI is InChI=1S/C40H47N5O8S/c1-24(38(47)41-30-20-28(50-5)14-16-33(30)51-6)43(3)17-18-44(4)25(2)39(48)42-31-21-35(53-8)32(22-34(31)52-7)45-37(46)23-36(40(45)49)54-29-15-13-26-11-9-10-12-27(26)19-29/h9-16,19-22,24-25,36H,17-18,23H2,1-8H3,(H,41,47)(H,42,48)/t24-,25-,36?/m0/s1. The van der Waals surface area contributed by atoms with E-state index in [1.54, 1.807) is 45.2 Å². The summed E-state index contributed by atoms with van der Waals surface area (Å²) in [4.78, 5) is 59.4. The minimum atomic E-state index is -0.613. The third-order valence-electron chi connectivity index (χ3n) is 9.66. The van der Waals surface area contributed by atoms with Crippen molar-refractivity contribution >= 4 is 63.2 Å². The third kappa shape index (κ3) is 8.89. The number of imide groups is 1. The van der Waals surface area contributed by atoms with E-state index in [-0.39, 0.29) is 47.2 Å². The lowest BCUT2D eigenvalue weighted by atomic mass is 10.1. The number of fused-ring (bicyclic) bond motifs is 1. The third-order valence-corrected chi connectivity index (χ3v) is 10.8. The van der Waals surface area contributed by atoms with E-state index in [0.717, 1.165) is 20.6 Å². The molecule has 54 heavy (non-hydrogen) atoms. The van der Waals surface area contributed by atoms with Gasteiger partial charge in [0.2, 0.25) is 23.6 Å². The highest BCUT2D eigenvalue weighted by molar-refractivity contribution is 8.00. The van der Waals surface area contributed by atoms with Crippen LogP contribution < -0.4 is 34.5 Å². The number of benzene rings is 4. The number of rotatable bonds is 16. The molecule has 1 unspecified atom stereocenters. The highest BCUT2D eigenvalue weighted by Crippen LogP contribution is 2.43. The Kier molecular flexibility index (Phi) is 13.1. The molecule has 1 heterocycles. The summed E-state index contributed by atoms with van der Waals surface area (Å²) in [6.07, 6.45) is 0.0276. The first-order valence-electron chi connectivity index (χ1n) is 17.4. The van der Waals surface area contributed by atoms with Gasteiger partial charge in [0.25, 0.3) is 0 Å². The normalized spacial score (nSPS) is 15.4. The predicted molar refractivity (Wildman–Crippen MR) is 211 cm³/mol. The van der Waals surface area contributed by atoms with Crippen molar-refractivity contribution in [1.82, 2.24) is 9.80 Å². The fourth-order valence-electron chi connectivity index (χ4n) is 6.00. The van der Waals surface area contributed by atoms with E-state index in [4.69, 9.17) is 18.9 Å². The molecule has 14 heteroatoms. The van der Waals surface area contributed by atoms with Gasteiger partial charge in [-0.2, -0.15) is 0 Å². The van der Waals surface area contributed by atoms with Crippen LogP contribution in [-0.4, -0.2) is 106 Å². The number of nitrogens with one attached hydrogen (secondary N) is 2. The molecule has 0 saturated carbocycles. The second-order valence-electron chi connectivity index (χ2n) is 13.0. The largest absolute Gasteiger partial charge is 0.497 e. The summed E-state index contributed by atoms with van der Waals surface area (Å²) in [5.74, 6) is 0.331. The number of methoxy groups -OCH3 is 4. The van der Waals surface area contributed by atoms with E-state index in [9.17, 15) is 19.2 Å². The molecule has 1 aliphatic heterocycles. The predicted octanol–water partition coefficient (Wildman–Crippen LogP) is 5.52. The van der Waals surface area contributed by atoms with E-state index < -0.39 is 17.3 Å². The molecule has 13 nitrogen and oxygen atoms in total. The van der Waals surface area contributed by atoms with E-state index >= 15 is 0 Å². The lowest BCUT2D eigenvalue weighted by molar-refractivity contribution is -0.122. The van der Waals surface area contributed by atoms with Gasteiger partial charge >= 0.3 is 0 Å². The fraction of sp³-hybridized carbons (Fsp3) is 0.350. The van der Waals surface area contributed by atoms with Crippen LogP contribution in [0.1, 0.15) is 20.3 Å². The van der Waals surface area contributed by atoms with Crippen molar-refractivity contribution in [3.63, 3.8) is 0 Å². The van der Waals surface area contributed by atoms with Crippen LogP contribution in [0.3, 0.4) is 0 Å². The molecule has 4 amide bonds. The summed E-state index contributed by atoms with van der Waals surface area (Å²) in [7, 11) is 9.62. The molecule has 3 atom stereocenters. The second-order valence-corrected chi connectivity index (χ2v) is 14.2. The summed E-state index contributed by atoms with van der Waals surface area (Å²) in [5.41, 5.74) is 1.06. The molecule has 0 aliphatic carbocycles. The minimum Gasteiger partial charge on any atom is -0.497 e. The number of thioether (sulfide) groups is 1. The summed E-state index contributed by atoms with van der Waals surface area (Å²) >= 11 is 1.35. The molecule has 0 radical (unpaired) electrons. The topological polar surface area (TPSA) is 139 Å². The van der Waals surface area contributed by atoms with Crippen molar-refractivity contribution in [2.45, 2.75) is 42.5 Å². The molecule has 1 saturated heterocycles. The number of carbonyl (C=O) groups is 4. The molecule has 0 aromatic heterocycles. The Labute approximate surface area is 319 Å². The Bertz CT molecular complexity index is 2030. The van der Waals surface area contributed by atoms with Crippen LogP contribution in [0.2, 0.25) is 0 Å². The first kappa shape index (κ1) is 39.9. The zero-order valence-corrected chi connectivity index (χ0v) is 32.6. The number of nitrogens with zero attached hydrogens (tertiary/aromatic N) is 3. The van der Waals surface area contributed by atoms with E-state index in [0.29, 0.717) is 36.0 Å². The minimum absolute atomic E-state index is 0.0276. The number of hydrogen-bond acceptors (Lipinski definition) is 11. The van der Waals surface area contributed by atoms with Gasteiger partial charge in [-0.3, -0.25) is 29.0 Å². The Hall–Kier alpha value is -5.31. The van der Waals surface area contributed by atoms with Crippen LogP contribution in [0.5, 0.6) is 23.0 Å². The molecule has 4 aromatic rings. The van der Waals surface area contributed by atoms with Gasteiger partial charge in [-0.15, -0.1) is 11.8 Å².